The first-order chi connectivity index (χ1) is 14.9. The molecule has 0 aromatic heterocycles. The molecule has 31 heavy (non-hydrogen) atoms. The van der Waals surface area contributed by atoms with E-state index in [1.165, 1.54) is 13.0 Å². The summed E-state index contributed by atoms with van der Waals surface area (Å²) in [5.74, 6) is -0.386. The number of carbonyl (C=O) groups excluding carboxylic acids is 2. The van der Waals surface area contributed by atoms with Gasteiger partial charge in [0.05, 0.1) is 12.3 Å². The standard InChI is InChI=1S/C24H32FN3O3/c1-3-31-23(30)28-17-7-8-18(28)14-19(13-17)26-11-9-24(10-12-26)15-27(16(2)29)22-20(24)5-4-6-21(22)25/h4-6,17-19H,3,7-15H2,1-2H3. The molecule has 1 aromatic rings. The minimum atomic E-state index is -0.296. The van der Waals surface area contributed by atoms with Gasteiger partial charge in [0.1, 0.15) is 5.82 Å². The smallest absolute Gasteiger partial charge is 0.410 e. The van der Waals surface area contributed by atoms with Gasteiger partial charge in [0.2, 0.25) is 5.91 Å². The van der Waals surface area contributed by atoms with E-state index in [0.29, 0.717) is 24.9 Å². The molecule has 168 valence electrons. The number of fused-ring (bicyclic) bond motifs is 4. The Hall–Kier alpha value is -2.15. The molecule has 1 aromatic carbocycles. The second-order valence-corrected chi connectivity index (χ2v) is 9.67. The molecule has 5 rings (SSSR count). The van der Waals surface area contributed by atoms with E-state index < -0.39 is 0 Å². The van der Waals surface area contributed by atoms with Crippen molar-refractivity contribution < 1.29 is 18.7 Å². The van der Waals surface area contributed by atoms with Crippen molar-refractivity contribution in [2.45, 2.75) is 75.9 Å². The summed E-state index contributed by atoms with van der Waals surface area (Å²) in [6.45, 7) is 6.29. The number of nitrogens with zero attached hydrogens (tertiary/aromatic N) is 3. The Bertz CT molecular complexity index is 869. The van der Waals surface area contributed by atoms with Crippen LogP contribution in [-0.4, -0.2) is 66.2 Å². The third-order valence-corrected chi connectivity index (χ3v) is 8.13. The van der Waals surface area contributed by atoms with Crippen LogP contribution < -0.4 is 4.90 Å². The lowest BCUT2D eigenvalue weighted by molar-refractivity contribution is -0.116. The summed E-state index contributed by atoms with van der Waals surface area (Å²) in [6, 6.07) is 6.29. The quantitative estimate of drug-likeness (QED) is 0.720. The lowest BCUT2D eigenvalue weighted by atomic mass is 9.73. The van der Waals surface area contributed by atoms with Crippen molar-refractivity contribution >= 4 is 17.7 Å². The van der Waals surface area contributed by atoms with Crippen LogP contribution in [0.4, 0.5) is 14.9 Å². The van der Waals surface area contributed by atoms with Crippen molar-refractivity contribution in [1.82, 2.24) is 9.80 Å². The normalized spacial score (nSPS) is 29.3. The van der Waals surface area contributed by atoms with Crippen molar-refractivity contribution in [2.75, 3.05) is 31.1 Å². The molecular weight excluding hydrogens is 397 g/mol. The monoisotopic (exact) mass is 429 g/mol. The van der Waals surface area contributed by atoms with Gasteiger partial charge in [-0.1, -0.05) is 12.1 Å². The van der Waals surface area contributed by atoms with Gasteiger partial charge < -0.3 is 19.4 Å². The lowest BCUT2D eigenvalue weighted by Crippen LogP contribution is -2.55. The van der Waals surface area contributed by atoms with Gasteiger partial charge in [0.25, 0.3) is 0 Å². The number of carbonyl (C=O) groups is 2. The highest BCUT2D eigenvalue weighted by Crippen LogP contribution is 2.49. The number of benzene rings is 1. The summed E-state index contributed by atoms with van der Waals surface area (Å²) in [4.78, 5) is 30.8. The highest BCUT2D eigenvalue weighted by molar-refractivity contribution is 5.95. The van der Waals surface area contributed by atoms with Crippen LogP contribution in [-0.2, 0) is 14.9 Å². The van der Waals surface area contributed by atoms with Gasteiger partial charge in [0.15, 0.2) is 0 Å². The molecule has 6 nitrogen and oxygen atoms in total. The maximum atomic E-state index is 14.6. The molecule has 2 bridgehead atoms. The fourth-order valence-electron chi connectivity index (χ4n) is 6.64. The summed E-state index contributed by atoms with van der Waals surface area (Å²) in [5.41, 5.74) is 1.34. The number of hydrogen-bond acceptors (Lipinski definition) is 4. The van der Waals surface area contributed by atoms with Crippen molar-refractivity contribution in [1.29, 1.82) is 0 Å². The Morgan fingerprint density at radius 3 is 2.42 bits per heavy atom. The number of hydrogen-bond donors (Lipinski definition) is 0. The molecule has 2 atom stereocenters. The third-order valence-electron chi connectivity index (χ3n) is 8.13. The molecule has 0 aliphatic carbocycles. The first kappa shape index (κ1) is 20.7. The number of rotatable bonds is 2. The van der Waals surface area contributed by atoms with Crippen LogP contribution in [0.15, 0.2) is 18.2 Å². The average molecular weight is 430 g/mol. The van der Waals surface area contributed by atoms with Crippen LogP contribution in [0.1, 0.15) is 57.9 Å². The Morgan fingerprint density at radius 1 is 1.13 bits per heavy atom. The average Bonchev–Trinajstić information content (AvgIpc) is 3.21. The molecule has 2 unspecified atom stereocenters. The molecular formula is C24H32FN3O3. The number of anilines is 1. The highest BCUT2D eigenvalue weighted by Gasteiger charge is 2.50. The van der Waals surface area contributed by atoms with Crippen LogP contribution in [0.5, 0.6) is 0 Å². The molecule has 1 spiro atoms. The summed E-state index contributed by atoms with van der Waals surface area (Å²) < 4.78 is 19.9. The molecule has 0 saturated carbocycles. The second-order valence-electron chi connectivity index (χ2n) is 9.67. The summed E-state index contributed by atoms with van der Waals surface area (Å²) >= 11 is 0. The van der Waals surface area contributed by atoms with E-state index in [-0.39, 0.29) is 35.3 Å². The van der Waals surface area contributed by atoms with Crippen LogP contribution >= 0.6 is 0 Å². The number of halogens is 1. The van der Waals surface area contributed by atoms with E-state index in [1.807, 2.05) is 17.9 Å². The van der Waals surface area contributed by atoms with E-state index in [0.717, 1.165) is 57.2 Å². The van der Waals surface area contributed by atoms with Crippen LogP contribution in [0.2, 0.25) is 0 Å². The summed E-state index contributed by atoms with van der Waals surface area (Å²) in [5, 5.41) is 0. The van der Waals surface area contributed by atoms with Crippen LogP contribution in [0.3, 0.4) is 0 Å². The molecule has 2 amide bonds. The molecule has 0 N–H and O–H groups in total. The fraction of sp³-hybridized carbons (Fsp3) is 0.667. The van der Waals surface area contributed by atoms with E-state index in [9.17, 15) is 14.0 Å². The fourth-order valence-corrected chi connectivity index (χ4v) is 6.64. The Kier molecular flexibility index (Phi) is 5.19. The summed E-state index contributed by atoms with van der Waals surface area (Å²) in [7, 11) is 0. The van der Waals surface area contributed by atoms with Gasteiger partial charge in [-0.25, -0.2) is 9.18 Å². The van der Waals surface area contributed by atoms with Gasteiger partial charge >= 0.3 is 6.09 Å². The number of piperidine rings is 2. The molecule has 4 aliphatic heterocycles. The van der Waals surface area contributed by atoms with Gasteiger partial charge in [0, 0.05) is 37.0 Å². The van der Waals surface area contributed by atoms with E-state index in [1.54, 1.807) is 11.0 Å². The SMILES string of the molecule is CCOC(=O)N1C2CCC1CC(N1CCC3(CC1)CN(C(C)=O)c1c(F)cccc13)C2. The Morgan fingerprint density at radius 2 is 1.81 bits per heavy atom. The highest BCUT2D eigenvalue weighted by atomic mass is 19.1. The molecule has 4 aliphatic rings. The maximum Gasteiger partial charge on any atom is 0.410 e. The van der Waals surface area contributed by atoms with Gasteiger partial charge in [-0.15, -0.1) is 0 Å². The lowest BCUT2D eigenvalue weighted by Gasteiger charge is -2.47. The third kappa shape index (κ3) is 3.32. The van der Waals surface area contributed by atoms with E-state index in [2.05, 4.69) is 4.90 Å². The minimum absolute atomic E-state index is 0.0893. The first-order valence-corrected chi connectivity index (χ1v) is 11.7. The number of para-hydroxylation sites is 1. The largest absolute Gasteiger partial charge is 0.450 e. The van der Waals surface area contributed by atoms with Crippen LogP contribution in [0, 0.1) is 5.82 Å². The predicted molar refractivity (Wildman–Crippen MR) is 116 cm³/mol. The number of amides is 2. The zero-order valence-electron chi connectivity index (χ0n) is 18.5. The molecule has 7 heteroatoms. The number of likely N-dealkylation sites (tertiary alicyclic amines) is 1. The van der Waals surface area contributed by atoms with Crippen molar-refractivity contribution in [3.05, 3.63) is 29.6 Å². The van der Waals surface area contributed by atoms with Crippen molar-refractivity contribution in [2.24, 2.45) is 0 Å². The van der Waals surface area contributed by atoms with Crippen molar-refractivity contribution in [3.63, 3.8) is 0 Å². The topological polar surface area (TPSA) is 53.1 Å². The minimum Gasteiger partial charge on any atom is -0.450 e. The van der Waals surface area contributed by atoms with Gasteiger partial charge in [-0.05, 0) is 70.2 Å². The van der Waals surface area contributed by atoms with Crippen molar-refractivity contribution in [3.8, 4) is 0 Å². The molecule has 3 fully saturated rings. The van der Waals surface area contributed by atoms with Gasteiger partial charge in [-0.3, -0.25) is 4.79 Å². The first-order valence-electron chi connectivity index (χ1n) is 11.7. The molecule has 0 radical (unpaired) electrons. The predicted octanol–water partition coefficient (Wildman–Crippen LogP) is 3.68. The number of ether oxygens (including phenoxy) is 1. The molecule has 4 heterocycles. The van der Waals surface area contributed by atoms with E-state index in [4.69, 9.17) is 4.74 Å². The second kappa shape index (κ2) is 7.76. The maximum absolute atomic E-state index is 14.6. The zero-order chi connectivity index (χ0) is 21.8. The Labute approximate surface area is 183 Å². The Balaban J connectivity index is 1.29. The zero-order valence-corrected chi connectivity index (χ0v) is 18.5. The van der Waals surface area contributed by atoms with Gasteiger partial charge in [-0.2, -0.15) is 0 Å². The van der Waals surface area contributed by atoms with Crippen LogP contribution in [0.25, 0.3) is 0 Å². The summed E-state index contributed by atoms with van der Waals surface area (Å²) in [6.07, 6.45) is 5.86. The molecule has 3 saturated heterocycles. The van der Waals surface area contributed by atoms with E-state index >= 15 is 0 Å².